The van der Waals surface area contributed by atoms with Crippen LogP contribution in [0.25, 0.3) is 19.5 Å². The Hall–Kier alpha value is -1.40. The first-order valence-corrected chi connectivity index (χ1v) is 19.0. The van der Waals surface area contributed by atoms with Crippen LogP contribution in [0, 0.1) is 0 Å². The molecule has 5 nitrogen and oxygen atoms in total. The van der Waals surface area contributed by atoms with Gasteiger partial charge in [-0.3, -0.25) is 0 Å². The minimum atomic E-state index is 0.579. The second-order valence-corrected chi connectivity index (χ2v) is 13.9. The molecule has 0 bridgehead atoms. The van der Waals surface area contributed by atoms with E-state index < -0.39 is 0 Å². The summed E-state index contributed by atoms with van der Waals surface area (Å²) in [6.45, 7) is 6.43. The fourth-order valence-electron chi connectivity index (χ4n) is 4.69. The molecule has 4 aromatic heterocycles. The van der Waals surface area contributed by atoms with Crippen molar-refractivity contribution in [3.63, 3.8) is 0 Å². The standard InChI is InChI=1S/C34H46O5S4/c1(3-9-29-13-27-42-33(29)31-11-7-25-40-31)5-15-35-17-19-37-21-23-39-24-22-38-20-18-36-16-6-2-4-10-30-14-28-43-34(30)32-12-8-26-41-32/h7-8,11-14,25-28H,1-6,9-10,15-24H2. The van der Waals surface area contributed by atoms with Gasteiger partial charge < -0.3 is 23.7 Å². The molecule has 0 saturated carbocycles. The first kappa shape index (κ1) is 34.5. The normalized spacial score (nSPS) is 11.5. The number of thiophene rings is 4. The lowest BCUT2D eigenvalue weighted by atomic mass is 10.1. The van der Waals surface area contributed by atoms with Crippen LogP contribution in [0.3, 0.4) is 0 Å². The molecule has 4 heterocycles. The summed E-state index contributed by atoms with van der Waals surface area (Å²) in [5.41, 5.74) is 2.96. The molecule has 0 aliphatic heterocycles. The topological polar surface area (TPSA) is 46.2 Å². The second-order valence-electron chi connectivity index (χ2n) is 10.2. The van der Waals surface area contributed by atoms with Crippen LogP contribution in [0.5, 0.6) is 0 Å². The maximum absolute atomic E-state index is 5.71. The van der Waals surface area contributed by atoms with Gasteiger partial charge in [0.1, 0.15) is 0 Å². The van der Waals surface area contributed by atoms with Crippen molar-refractivity contribution in [2.24, 2.45) is 0 Å². The van der Waals surface area contributed by atoms with Gasteiger partial charge in [-0.2, -0.15) is 0 Å². The third kappa shape index (κ3) is 13.6. The molecular formula is C34H46O5S4. The minimum Gasteiger partial charge on any atom is -0.379 e. The number of aryl methyl sites for hydroxylation is 2. The van der Waals surface area contributed by atoms with Gasteiger partial charge in [0.15, 0.2) is 0 Å². The van der Waals surface area contributed by atoms with Crippen molar-refractivity contribution in [1.82, 2.24) is 0 Å². The fourth-order valence-corrected chi connectivity index (χ4v) is 8.41. The molecule has 0 aliphatic rings. The molecule has 0 spiro atoms. The first-order chi connectivity index (χ1) is 21.4. The Morgan fingerprint density at radius 2 is 0.767 bits per heavy atom. The Kier molecular flexibility index (Phi) is 17.8. The van der Waals surface area contributed by atoms with E-state index >= 15 is 0 Å². The summed E-state index contributed by atoms with van der Waals surface area (Å²) < 4.78 is 28.2. The highest BCUT2D eigenvalue weighted by molar-refractivity contribution is 7.21. The van der Waals surface area contributed by atoms with E-state index in [2.05, 4.69) is 57.9 Å². The molecule has 0 saturated heterocycles. The van der Waals surface area contributed by atoms with E-state index in [0.29, 0.717) is 52.9 Å². The molecule has 0 atom stereocenters. The van der Waals surface area contributed by atoms with E-state index in [9.17, 15) is 0 Å². The Balaban J connectivity index is 0.829. The molecule has 0 radical (unpaired) electrons. The van der Waals surface area contributed by atoms with Gasteiger partial charge >= 0.3 is 0 Å². The van der Waals surface area contributed by atoms with Crippen LogP contribution in [0.15, 0.2) is 57.9 Å². The number of hydrogen-bond donors (Lipinski definition) is 0. The molecule has 43 heavy (non-hydrogen) atoms. The van der Waals surface area contributed by atoms with Crippen LogP contribution >= 0.6 is 45.3 Å². The second kappa shape index (κ2) is 22.2. The third-order valence-corrected chi connectivity index (χ3v) is 11.0. The van der Waals surface area contributed by atoms with Crippen molar-refractivity contribution in [3.05, 3.63) is 69.0 Å². The van der Waals surface area contributed by atoms with Gasteiger partial charge in [0, 0.05) is 32.7 Å². The number of unbranched alkanes of at least 4 members (excludes halogenated alkanes) is 4. The smallest absolute Gasteiger partial charge is 0.0701 e. The first-order valence-electron chi connectivity index (χ1n) is 15.5. The molecule has 0 aliphatic carbocycles. The van der Waals surface area contributed by atoms with E-state index in [1.807, 2.05) is 45.3 Å². The zero-order valence-corrected chi connectivity index (χ0v) is 28.4. The van der Waals surface area contributed by atoms with Gasteiger partial charge in [0.05, 0.1) is 52.9 Å². The molecule has 4 aromatic rings. The highest BCUT2D eigenvalue weighted by atomic mass is 32.1. The highest BCUT2D eigenvalue weighted by Gasteiger charge is 2.08. The Morgan fingerprint density at radius 3 is 1.14 bits per heavy atom. The van der Waals surface area contributed by atoms with Gasteiger partial charge in [0.2, 0.25) is 0 Å². The Morgan fingerprint density at radius 1 is 0.372 bits per heavy atom. The summed E-state index contributed by atoms with van der Waals surface area (Å²) >= 11 is 7.35. The zero-order chi connectivity index (χ0) is 29.6. The molecule has 0 fully saturated rings. The van der Waals surface area contributed by atoms with Gasteiger partial charge in [-0.25, -0.2) is 0 Å². The van der Waals surface area contributed by atoms with Crippen LogP contribution in [0.1, 0.15) is 49.7 Å². The predicted molar refractivity (Wildman–Crippen MR) is 184 cm³/mol. The van der Waals surface area contributed by atoms with Crippen LogP contribution < -0.4 is 0 Å². The maximum Gasteiger partial charge on any atom is 0.0701 e. The number of ether oxygens (including phenoxy) is 5. The zero-order valence-electron chi connectivity index (χ0n) is 25.2. The van der Waals surface area contributed by atoms with Crippen molar-refractivity contribution >= 4 is 45.3 Å². The van der Waals surface area contributed by atoms with E-state index in [0.717, 1.165) is 38.9 Å². The van der Waals surface area contributed by atoms with Gasteiger partial charge in [-0.15, -0.1) is 45.3 Å². The monoisotopic (exact) mass is 662 g/mol. The summed E-state index contributed by atoms with van der Waals surface area (Å²) in [4.78, 5) is 5.66. The lowest BCUT2D eigenvalue weighted by Gasteiger charge is -2.08. The van der Waals surface area contributed by atoms with Crippen molar-refractivity contribution in [1.29, 1.82) is 0 Å². The van der Waals surface area contributed by atoms with E-state index in [1.54, 1.807) is 0 Å². The highest BCUT2D eigenvalue weighted by Crippen LogP contribution is 2.34. The van der Waals surface area contributed by atoms with Crippen molar-refractivity contribution in [2.75, 3.05) is 66.1 Å². The Labute approximate surface area is 273 Å². The summed E-state index contributed by atoms with van der Waals surface area (Å²) in [6.07, 6.45) is 9.28. The number of rotatable bonds is 26. The van der Waals surface area contributed by atoms with Crippen molar-refractivity contribution in [3.8, 4) is 19.5 Å². The SMILES string of the molecule is c1csc(-c2sccc2CCCCCOCCOCCOCCOCCOCCCCCc2ccsc2-c2cccs2)c1. The molecule has 0 N–H and O–H groups in total. The molecule has 0 unspecified atom stereocenters. The molecular weight excluding hydrogens is 617 g/mol. The van der Waals surface area contributed by atoms with Crippen LogP contribution in [-0.4, -0.2) is 66.1 Å². The average molecular weight is 663 g/mol. The van der Waals surface area contributed by atoms with Gasteiger partial charge in [-0.1, -0.05) is 25.0 Å². The minimum absolute atomic E-state index is 0.579. The van der Waals surface area contributed by atoms with Gasteiger partial charge in [-0.05, 0) is 95.4 Å². The molecule has 236 valence electrons. The lowest BCUT2D eigenvalue weighted by molar-refractivity contribution is -0.0114. The summed E-state index contributed by atoms with van der Waals surface area (Å²) in [5.74, 6) is 0. The van der Waals surface area contributed by atoms with Crippen molar-refractivity contribution < 1.29 is 23.7 Å². The predicted octanol–water partition coefficient (Wildman–Crippen LogP) is 9.48. The van der Waals surface area contributed by atoms with Crippen LogP contribution in [-0.2, 0) is 36.5 Å². The van der Waals surface area contributed by atoms with Crippen LogP contribution in [0.2, 0.25) is 0 Å². The van der Waals surface area contributed by atoms with E-state index in [-0.39, 0.29) is 0 Å². The van der Waals surface area contributed by atoms with Crippen molar-refractivity contribution in [2.45, 2.75) is 51.4 Å². The maximum atomic E-state index is 5.71. The molecule has 0 aromatic carbocycles. The lowest BCUT2D eigenvalue weighted by Crippen LogP contribution is -2.13. The fraction of sp³-hybridized carbons (Fsp3) is 0.529. The molecule has 4 rings (SSSR count). The largest absolute Gasteiger partial charge is 0.379 e. The quantitative estimate of drug-likeness (QED) is 0.0627. The van der Waals surface area contributed by atoms with E-state index in [4.69, 9.17) is 23.7 Å². The van der Waals surface area contributed by atoms with Crippen LogP contribution in [0.4, 0.5) is 0 Å². The molecule has 0 amide bonds. The summed E-state index contributed by atoms with van der Waals surface area (Å²) in [7, 11) is 0. The Bertz CT molecular complexity index is 1090. The summed E-state index contributed by atoms with van der Waals surface area (Å²) in [6, 6.07) is 13.2. The third-order valence-electron chi connectivity index (χ3n) is 6.94. The van der Waals surface area contributed by atoms with E-state index in [1.165, 1.54) is 56.3 Å². The molecule has 9 heteroatoms. The average Bonchev–Trinajstić information content (AvgIpc) is 3.85. The number of hydrogen-bond acceptors (Lipinski definition) is 9. The summed E-state index contributed by atoms with van der Waals surface area (Å²) in [5, 5.41) is 8.72. The van der Waals surface area contributed by atoms with Gasteiger partial charge in [0.25, 0.3) is 0 Å².